The topological polar surface area (TPSA) is 3.24 Å². The minimum Gasteiger partial charge on any atom is -0.369 e. The van der Waals surface area contributed by atoms with Gasteiger partial charge >= 0.3 is 0 Å². The van der Waals surface area contributed by atoms with Gasteiger partial charge in [-0.15, -0.1) is 0 Å². The molecule has 0 N–H and O–H groups in total. The Bertz CT molecular complexity index is 411. The molecule has 0 bridgehead atoms. The molecule has 0 radical (unpaired) electrons. The lowest BCUT2D eigenvalue weighted by atomic mass is 10.1. The highest BCUT2D eigenvalue weighted by molar-refractivity contribution is 6.56. The fourth-order valence-corrected chi connectivity index (χ4v) is 3.36. The Morgan fingerprint density at radius 2 is 1.00 bits per heavy atom. The van der Waals surface area contributed by atoms with E-state index in [0.29, 0.717) is 15.7 Å². The molecule has 0 aromatic heterocycles. The Morgan fingerprint density at radius 3 is 1.47 bits per heavy atom. The largest absolute Gasteiger partial charge is 0.369 e. The molecular weight excluding hydrogens is 323 g/mol. The second kappa shape index (κ2) is 5.63. The molecule has 94 valence electrons. The zero-order valence-electron chi connectivity index (χ0n) is 8.87. The molecule has 1 aromatic rings. The van der Waals surface area contributed by atoms with E-state index in [1.165, 1.54) is 6.42 Å². The third kappa shape index (κ3) is 2.59. The van der Waals surface area contributed by atoms with Gasteiger partial charge in [0.15, 0.2) is 0 Å². The van der Waals surface area contributed by atoms with Crippen LogP contribution in [0.1, 0.15) is 19.3 Å². The quantitative estimate of drug-likeness (QED) is 0.454. The van der Waals surface area contributed by atoms with E-state index in [1.807, 2.05) is 0 Å². The van der Waals surface area contributed by atoms with Crippen molar-refractivity contribution >= 4 is 63.7 Å². The van der Waals surface area contributed by atoms with E-state index >= 15 is 0 Å². The average molecular weight is 333 g/mol. The van der Waals surface area contributed by atoms with Gasteiger partial charge in [0.1, 0.15) is 0 Å². The van der Waals surface area contributed by atoms with E-state index in [9.17, 15) is 0 Å². The van der Waals surface area contributed by atoms with Crippen LogP contribution in [0.2, 0.25) is 25.1 Å². The smallest absolute Gasteiger partial charge is 0.0857 e. The summed E-state index contributed by atoms with van der Waals surface area (Å²) >= 11 is 30.5. The Hall–Kier alpha value is 0.470. The summed E-state index contributed by atoms with van der Waals surface area (Å²) in [6.45, 7) is 1.82. The highest BCUT2D eigenvalue weighted by atomic mass is 35.5. The van der Waals surface area contributed by atoms with Gasteiger partial charge in [0.05, 0.1) is 30.8 Å². The molecule has 1 aliphatic heterocycles. The standard InChI is InChI=1S/C11H10Cl5N/c12-6-7(13)9(15)11(10(16)8(6)14)17-4-2-1-3-5-17/h1-5H2. The number of hydrogen-bond acceptors (Lipinski definition) is 1. The number of halogens is 5. The molecular formula is C11H10Cl5N. The summed E-state index contributed by atoms with van der Waals surface area (Å²) in [5, 5.41) is 1.51. The van der Waals surface area contributed by atoms with Crippen LogP contribution in [0.25, 0.3) is 0 Å². The first-order valence-corrected chi connectivity index (χ1v) is 7.19. The Labute approximate surface area is 126 Å². The van der Waals surface area contributed by atoms with Crippen molar-refractivity contribution in [1.29, 1.82) is 0 Å². The molecule has 1 nitrogen and oxygen atoms in total. The third-order valence-corrected chi connectivity index (χ3v) is 5.12. The molecule has 2 rings (SSSR count). The lowest BCUT2D eigenvalue weighted by Gasteiger charge is -2.31. The van der Waals surface area contributed by atoms with Crippen molar-refractivity contribution in [3.8, 4) is 0 Å². The number of hydrogen-bond donors (Lipinski definition) is 0. The molecule has 6 heteroatoms. The van der Waals surface area contributed by atoms with Crippen LogP contribution in [0.15, 0.2) is 0 Å². The molecule has 0 aliphatic carbocycles. The van der Waals surface area contributed by atoms with Crippen LogP contribution in [0, 0.1) is 0 Å². The molecule has 1 heterocycles. The van der Waals surface area contributed by atoms with E-state index < -0.39 is 0 Å². The summed E-state index contributed by atoms with van der Waals surface area (Å²) in [4.78, 5) is 2.11. The van der Waals surface area contributed by atoms with Gasteiger partial charge in [-0.25, -0.2) is 0 Å². The molecule has 0 saturated carbocycles. The second-order valence-corrected chi connectivity index (χ2v) is 5.86. The maximum Gasteiger partial charge on any atom is 0.0857 e. The van der Waals surface area contributed by atoms with E-state index in [2.05, 4.69) is 4.90 Å². The van der Waals surface area contributed by atoms with Gasteiger partial charge in [-0.1, -0.05) is 58.0 Å². The lowest BCUT2D eigenvalue weighted by Crippen LogP contribution is -2.30. The lowest BCUT2D eigenvalue weighted by molar-refractivity contribution is 0.578. The zero-order valence-corrected chi connectivity index (χ0v) is 12.7. The Balaban J connectivity index is 2.52. The van der Waals surface area contributed by atoms with Crippen molar-refractivity contribution < 1.29 is 0 Å². The van der Waals surface area contributed by atoms with Crippen molar-refractivity contribution in [2.24, 2.45) is 0 Å². The SMILES string of the molecule is Clc1c(Cl)c(Cl)c(N2CCCCC2)c(Cl)c1Cl. The van der Waals surface area contributed by atoms with Crippen molar-refractivity contribution in [1.82, 2.24) is 0 Å². The predicted octanol–water partition coefficient (Wildman–Crippen LogP) is 5.94. The van der Waals surface area contributed by atoms with Gasteiger partial charge in [0, 0.05) is 13.1 Å². The monoisotopic (exact) mass is 331 g/mol. The minimum absolute atomic E-state index is 0.212. The molecule has 0 amide bonds. The van der Waals surface area contributed by atoms with Crippen molar-refractivity contribution in [2.75, 3.05) is 18.0 Å². The molecule has 1 saturated heterocycles. The average Bonchev–Trinajstić information content (AvgIpc) is 2.36. The first-order chi connectivity index (χ1) is 8.04. The predicted molar refractivity (Wildman–Crippen MR) is 77.6 cm³/mol. The zero-order chi connectivity index (χ0) is 12.6. The summed E-state index contributed by atoms with van der Waals surface area (Å²) in [5.41, 5.74) is 0.701. The third-order valence-electron chi connectivity index (χ3n) is 2.86. The fourth-order valence-electron chi connectivity index (χ4n) is 1.99. The van der Waals surface area contributed by atoms with E-state index in [1.54, 1.807) is 0 Å². The summed E-state index contributed by atoms with van der Waals surface area (Å²) in [6.07, 6.45) is 3.45. The van der Waals surface area contributed by atoms with Crippen molar-refractivity contribution in [2.45, 2.75) is 19.3 Å². The highest BCUT2D eigenvalue weighted by Gasteiger charge is 2.24. The van der Waals surface area contributed by atoms with Crippen LogP contribution in [0.4, 0.5) is 5.69 Å². The van der Waals surface area contributed by atoms with E-state index in [0.717, 1.165) is 25.9 Å². The number of nitrogens with zero attached hydrogens (tertiary/aromatic N) is 1. The summed E-state index contributed by atoms with van der Waals surface area (Å²) < 4.78 is 0. The summed E-state index contributed by atoms with van der Waals surface area (Å²) in [5.74, 6) is 0. The normalized spacial score (nSPS) is 16.4. The first kappa shape index (κ1) is 13.9. The molecule has 1 fully saturated rings. The maximum absolute atomic E-state index is 6.21. The van der Waals surface area contributed by atoms with E-state index in [4.69, 9.17) is 58.0 Å². The number of anilines is 1. The summed E-state index contributed by atoms with van der Waals surface area (Å²) in [7, 11) is 0. The molecule has 1 aliphatic rings. The van der Waals surface area contributed by atoms with Gasteiger partial charge in [-0.2, -0.15) is 0 Å². The van der Waals surface area contributed by atoms with Crippen LogP contribution in [-0.4, -0.2) is 13.1 Å². The van der Waals surface area contributed by atoms with Gasteiger partial charge in [-0.05, 0) is 19.3 Å². The number of rotatable bonds is 1. The molecule has 1 aromatic carbocycles. The fraction of sp³-hybridized carbons (Fsp3) is 0.455. The number of piperidine rings is 1. The maximum atomic E-state index is 6.21. The van der Waals surface area contributed by atoms with Crippen molar-refractivity contribution in [3.05, 3.63) is 25.1 Å². The first-order valence-electron chi connectivity index (χ1n) is 5.30. The highest BCUT2D eigenvalue weighted by Crippen LogP contribution is 2.48. The molecule has 0 spiro atoms. The Kier molecular flexibility index (Phi) is 4.60. The van der Waals surface area contributed by atoms with Gasteiger partial charge in [-0.3, -0.25) is 0 Å². The molecule has 17 heavy (non-hydrogen) atoms. The van der Waals surface area contributed by atoms with Gasteiger partial charge in [0.25, 0.3) is 0 Å². The molecule has 0 atom stereocenters. The van der Waals surface area contributed by atoms with Crippen LogP contribution in [-0.2, 0) is 0 Å². The van der Waals surface area contributed by atoms with Crippen molar-refractivity contribution in [3.63, 3.8) is 0 Å². The van der Waals surface area contributed by atoms with Crippen LogP contribution < -0.4 is 4.90 Å². The van der Waals surface area contributed by atoms with E-state index in [-0.39, 0.29) is 15.1 Å². The second-order valence-electron chi connectivity index (χ2n) is 3.97. The van der Waals surface area contributed by atoms with Crippen LogP contribution in [0.3, 0.4) is 0 Å². The van der Waals surface area contributed by atoms with Gasteiger partial charge in [0.2, 0.25) is 0 Å². The summed E-state index contributed by atoms with van der Waals surface area (Å²) in [6, 6.07) is 0. The van der Waals surface area contributed by atoms with Crippen LogP contribution in [0.5, 0.6) is 0 Å². The van der Waals surface area contributed by atoms with Gasteiger partial charge < -0.3 is 4.90 Å². The molecule has 0 unspecified atom stereocenters. The minimum atomic E-state index is 0.212. The Morgan fingerprint density at radius 1 is 0.588 bits per heavy atom. The number of benzene rings is 1. The van der Waals surface area contributed by atoms with Crippen LogP contribution >= 0.6 is 58.0 Å².